The van der Waals surface area contributed by atoms with Gasteiger partial charge in [0.05, 0.1) is 6.04 Å². The summed E-state index contributed by atoms with van der Waals surface area (Å²) in [6.07, 6.45) is 5.10. The molecule has 1 aromatic heterocycles. The van der Waals surface area contributed by atoms with Crippen LogP contribution in [-0.4, -0.2) is 35.1 Å². The maximum atomic E-state index is 4.46. The Bertz CT molecular complexity index is 547. The summed E-state index contributed by atoms with van der Waals surface area (Å²) >= 11 is 0. The predicted octanol–water partition coefficient (Wildman–Crippen LogP) is 2.22. The van der Waals surface area contributed by atoms with E-state index in [1.807, 2.05) is 6.20 Å². The molecule has 0 spiro atoms. The second-order valence-corrected chi connectivity index (χ2v) is 5.62. The quantitative estimate of drug-likeness (QED) is 0.904. The van der Waals surface area contributed by atoms with Crippen molar-refractivity contribution in [1.82, 2.24) is 19.8 Å². The van der Waals surface area contributed by atoms with Gasteiger partial charge in [0.25, 0.3) is 0 Å². The van der Waals surface area contributed by atoms with Crippen LogP contribution in [0.4, 0.5) is 0 Å². The fourth-order valence-electron chi connectivity index (χ4n) is 2.94. The van der Waals surface area contributed by atoms with Crippen LogP contribution in [0.2, 0.25) is 0 Å². The van der Waals surface area contributed by atoms with E-state index in [-0.39, 0.29) is 0 Å². The van der Waals surface area contributed by atoms with Gasteiger partial charge in [-0.15, -0.1) is 0 Å². The molecule has 2 aromatic rings. The monoisotopic (exact) mass is 270 g/mol. The minimum atomic E-state index is 0.385. The van der Waals surface area contributed by atoms with Gasteiger partial charge in [-0.2, -0.15) is 0 Å². The molecule has 2 heterocycles. The van der Waals surface area contributed by atoms with Gasteiger partial charge in [0.15, 0.2) is 0 Å². The summed E-state index contributed by atoms with van der Waals surface area (Å²) in [4.78, 5) is 6.73. The molecule has 106 valence electrons. The van der Waals surface area contributed by atoms with Crippen LogP contribution in [0.1, 0.15) is 29.9 Å². The number of hydrogen-bond acceptors (Lipinski definition) is 3. The van der Waals surface area contributed by atoms with Gasteiger partial charge in [0, 0.05) is 31.5 Å². The maximum Gasteiger partial charge on any atom is 0.125 e. The average molecular weight is 270 g/mol. The molecule has 0 radical (unpaired) electrons. The fraction of sp³-hybridized carbons (Fsp3) is 0.438. The Morgan fingerprint density at radius 3 is 2.90 bits per heavy atom. The van der Waals surface area contributed by atoms with Crippen molar-refractivity contribution in [1.29, 1.82) is 0 Å². The van der Waals surface area contributed by atoms with Gasteiger partial charge in [-0.1, -0.05) is 30.3 Å². The van der Waals surface area contributed by atoms with Crippen LogP contribution in [0.5, 0.6) is 0 Å². The molecule has 1 aliphatic rings. The van der Waals surface area contributed by atoms with E-state index in [1.54, 1.807) is 0 Å². The number of imidazole rings is 1. The number of benzene rings is 1. The lowest BCUT2D eigenvalue weighted by molar-refractivity contribution is 0.278. The summed E-state index contributed by atoms with van der Waals surface area (Å²) in [6.45, 7) is 2.01. The zero-order valence-electron chi connectivity index (χ0n) is 12.2. The van der Waals surface area contributed by atoms with Crippen LogP contribution in [-0.2, 0) is 6.54 Å². The maximum absolute atomic E-state index is 4.46. The van der Waals surface area contributed by atoms with Crippen molar-refractivity contribution < 1.29 is 0 Å². The van der Waals surface area contributed by atoms with Crippen LogP contribution in [0.25, 0.3) is 0 Å². The topological polar surface area (TPSA) is 33.1 Å². The molecule has 1 aliphatic heterocycles. The van der Waals surface area contributed by atoms with Crippen molar-refractivity contribution in [2.24, 2.45) is 0 Å². The summed E-state index contributed by atoms with van der Waals surface area (Å²) < 4.78 is 2.24. The first-order valence-corrected chi connectivity index (χ1v) is 7.21. The van der Waals surface area contributed by atoms with Crippen molar-refractivity contribution in [3.05, 3.63) is 54.1 Å². The van der Waals surface area contributed by atoms with E-state index in [0.717, 1.165) is 19.5 Å². The highest BCUT2D eigenvalue weighted by atomic mass is 15.2. The lowest BCUT2D eigenvalue weighted by Crippen LogP contribution is -2.32. The lowest BCUT2D eigenvalue weighted by Gasteiger charge is -2.26. The van der Waals surface area contributed by atoms with Crippen molar-refractivity contribution in [2.45, 2.75) is 25.0 Å². The molecule has 0 aliphatic carbocycles. The number of aryl methyl sites for hydroxylation is 1. The van der Waals surface area contributed by atoms with Gasteiger partial charge in [0.2, 0.25) is 0 Å². The molecule has 4 nitrogen and oxygen atoms in total. The van der Waals surface area contributed by atoms with E-state index in [2.05, 4.69) is 70.4 Å². The minimum Gasteiger partial charge on any atom is -0.334 e. The second-order valence-electron chi connectivity index (χ2n) is 5.62. The highest BCUT2D eigenvalue weighted by Crippen LogP contribution is 2.25. The highest BCUT2D eigenvalue weighted by Gasteiger charge is 2.24. The zero-order valence-corrected chi connectivity index (χ0v) is 12.2. The second kappa shape index (κ2) is 5.77. The van der Waals surface area contributed by atoms with E-state index in [0.29, 0.717) is 12.1 Å². The fourth-order valence-corrected chi connectivity index (χ4v) is 2.94. The van der Waals surface area contributed by atoms with Gasteiger partial charge in [-0.3, -0.25) is 0 Å². The van der Waals surface area contributed by atoms with Crippen LogP contribution >= 0.6 is 0 Å². The van der Waals surface area contributed by atoms with Gasteiger partial charge in [-0.05, 0) is 26.1 Å². The summed E-state index contributed by atoms with van der Waals surface area (Å²) in [5, 5.41) is 3.68. The molecule has 0 saturated heterocycles. The summed E-state index contributed by atoms with van der Waals surface area (Å²) in [7, 11) is 4.27. The summed E-state index contributed by atoms with van der Waals surface area (Å²) in [5.74, 6) is 1.18. The van der Waals surface area contributed by atoms with Gasteiger partial charge in [0.1, 0.15) is 5.82 Å². The van der Waals surface area contributed by atoms with Crippen molar-refractivity contribution >= 4 is 0 Å². The first-order valence-electron chi connectivity index (χ1n) is 7.21. The van der Waals surface area contributed by atoms with Crippen molar-refractivity contribution in [2.75, 3.05) is 20.6 Å². The summed E-state index contributed by atoms with van der Waals surface area (Å²) in [5.41, 5.74) is 1.35. The van der Waals surface area contributed by atoms with Crippen LogP contribution < -0.4 is 5.32 Å². The van der Waals surface area contributed by atoms with Gasteiger partial charge >= 0.3 is 0 Å². The van der Waals surface area contributed by atoms with E-state index in [4.69, 9.17) is 0 Å². The number of hydrogen-bond donors (Lipinski definition) is 1. The molecular weight excluding hydrogens is 248 g/mol. The number of aromatic nitrogens is 2. The molecule has 2 atom stereocenters. The molecule has 0 saturated carbocycles. The Morgan fingerprint density at radius 2 is 2.15 bits per heavy atom. The van der Waals surface area contributed by atoms with Crippen molar-refractivity contribution in [3.63, 3.8) is 0 Å². The number of rotatable bonds is 5. The normalized spacial score (nSPS) is 19.2. The third kappa shape index (κ3) is 2.62. The molecule has 0 bridgehead atoms. The molecule has 0 fully saturated rings. The van der Waals surface area contributed by atoms with E-state index >= 15 is 0 Å². The molecule has 2 unspecified atom stereocenters. The largest absolute Gasteiger partial charge is 0.334 e. The Balaban J connectivity index is 1.67. The van der Waals surface area contributed by atoms with Gasteiger partial charge in [-0.25, -0.2) is 4.98 Å². The zero-order chi connectivity index (χ0) is 13.9. The third-order valence-corrected chi connectivity index (χ3v) is 4.08. The molecule has 1 aromatic carbocycles. The standard InChI is InChI=1S/C16H22N4/c1-19(2)15(13-6-4-3-5-7-13)12-18-14-8-10-20-11-9-17-16(14)20/h3-7,9,11,14-15,18H,8,10,12H2,1-2H3. The molecule has 3 rings (SSSR count). The molecular formula is C16H22N4. The average Bonchev–Trinajstić information content (AvgIpc) is 3.04. The minimum absolute atomic E-state index is 0.385. The molecule has 20 heavy (non-hydrogen) atoms. The first-order chi connectivity index (χ1) is 9.75. The lowest BCUT2D eigenvalue weighted by atomic mass is 10.1. The van der Waals surface area contributed by atoms with E-state index in [9.17, 15) is 0 Å². The van der Waals surface area contributed by atoms with Crippen LogP contribution in [0.15, 0.2) is 42.7 Å². The van der Waals surface area contributed by atoms with E-state index < -0.39 is 0 Å². The number of fused-ring (bicyclic) bond motifs is 1. The highest BCUT2D eigenvalue weighted by molar-refractivity contribution is 5.19. The first kappa shape index (κ1) is 13.3. The number of nitrogens with zero attached hydrogens (tertiary/aromatic N) is 3. The number of nitrogens with one attached hydrogen (secondary N) is 1. The van der Waals surface area contributed by atoms with Crippen LogP contribution in [0, 0.1) is 0 Å². The SMILES string of the molecule is CN(C)C(CNC1CCn2ccnc21)c1ccccc1. The third-order valence-electron chi connectivity index (χ3n) is 4.08. The molecule has 0 amide bonds. The van der Waals surface area contributed by atoms with Gasteiger partial charge < -0.3 is 14.8 Å². The number of likely N-dealkylation sites (N-methyl/N-ethyl adjacent to an activating group) is 1. The van der Waals surface area contributed by atoms with E-state index in [1.165, 1.54) is 11.4 Å². The Morgan fingerprint density at radius 1 is 1.35 bits per heavy atom. The molecule has 1 N–H and O–H groups in total. The smallest absolute Gasteiger partial charge is 0.125 e. The molecule has 4 heteroatoms. The van der Waals surface area contributed by atoms with Crippen molar-refractivity contribution in [3.8, 4) is 0 Å². The predicted molar refractivity (Wildman–Crippen MR) is 80.5 cm³/mol. The Hall–Kier alpha value is -1.65. The Labute approximate surface area is 120 Å². The summed E-state index contributed by atoms with van der Waals surface area (Å²) in [6, 6.07) is 11.4. The Kier molecular flexibility index (Phi) is 3.85. The van der Waals surface area contributed by atoms with Crippen LogP contribution in [0.3, 0.4) is 0 Å².